The van der Waals surface area contributed by atoms with Crippen LogP contribution in [0.25, 0.3) is 6.08 Å². The van der Waals surface area contributed by atoms with Crippen molar-refractivity contribution in [2.75, 3.05) is 0 Å². The Kier molecular flexibility index (Phi) is 8.57. The number of amides is 1. The Morgan fingerprint density at radius 2 is 1.87 bits per heavy atom. The zero-order valence-corrected chi connectivity index (χ0v) is 21.1. The van der Waals surface area contributed by atoms with Crippen molar-refractivity contribution in [3.05, 3.63) is 66.3 Å². The first-order valence-electron chi connectivity index (χ1n) is 10.1. The molecule has 2 aromatic rings. The van der Waals surface area contributed by atoms with Crippen molar-refractivity contribution in [1.82, 2.24) is 5.32 Å². The van der Waals surface area contributed by atoms with E-state index in [2.05, 4.69) is 63.5 Å². The van der Waals surface area contributed by atoms with Gasteiger partial charge in [-0.05, 0) is 93.3 Å². The number of nitrogens with one attached hydrogen (secondary N) is 1. The number of carbonyl (C=O) groups is 1. The molecule has 0 heterocycles. The van der Waals surface area contributed by atoms with Gasteiger partial charge < -0.3 is 10.1 Å². The summed E-state index contributed by atoms with van der Waals surface area (Å²) >= 11 is 4.47. The van der Waals surface area contributed by atoms with Gasteiger partial charge >= 0.3 is 0 Å². The Labute approximate surface area is 205 Å². The molecule has 1 amide bonds. The number of hydrogen-bond acceptors (Lipinski definition) is 3. The quantitative estimate of drug-likeness (QED) is 0.241. The minimum Gasteiger partial charge on any atom is -0.487 e. The molecule has 1 fully saturated rings. The lowest BCUT2D eigenvalue weighted by Gasteiger charge is -2.29. The third-order valence-corrected chi connectivity index (χ3v) is 6.95. The van der Waals surface area contributed by atoms with Crippen LogP contribution in [0.2, 0.25) is 0 Å². The van der Waals surface area contributed by atoms with E-state index in [4.69, 9.17) is 4.74 Å². The summed E-state index contributed by atoms with van der Waals surface area (Å²) in [5.41, 5.74) is 2.06. The Morgan fingerprint density at radius 3 is 2.50 bits per heavy atom. The molecule has 2 atom stereocenters. The van der Waals surface area contributed by atoms with Crippen LogP contribution in [0, 0.1) is 24.4 Å². The molecule has 30 heavy (non-hydrogen) atoms. The van der Waals surface area contributed by atoms with E-state index in [0.29, 0.717) is 12.5 Å². The summed E-state index contributed by atoms with van der Waals surface area (Å²) in [7, 11) is 0. The van der Waals surface area contributed by atoms with Crippen LogP contribution in [-0.4, -0.2) is 11.9 Å². The molecule has 1 aliphatic carbocycles. The van der Waals surface area contributed by atoms with E-state index < -0.39 is 0 Å². The number of ether oxygens (including phenoxy) is 1. The molecule has 1 N–H and O–H groups in total. The van der Waals surface area contributed by atoms with Crippen LogP contribution in [0.1, 0.15) is 43.7 Å². The van der Waals surface area contributed by atoms with Gasteiger partial charge in [-0.1, -0.05) is 50.1 Å². The average molecular weight is 626 g/mol. The van der Waals surface area contributed by atoms with Gasteiger partial charge in [-0.2, -0.15) is 5.26 Å². The van der Waals surface area contributed by atoms with Crippen molar-refractivity contribution in [2.24, 2.45) is 5.92 Å². The minimum atomic E-state index is -0.286. The summed E-state index contributed by atoms with van der Waals surface area (Å²) in [6.45, 7) is 2.66. The van der Waals surface area contributed by atoms with Crippen LogP contribution < -0.4 is 10.1 Å². The number of nitrogens with zero attached hydrogens (tertiary/aromatic N) is 1. The Morgan fingerprint density at radius 1 is 1.20 bits per heavy atom. The third kappa shape index (κ3) is 6.20. The molecule has 0 bridgehead atoms. The van der Waals surface area contributed by atoms with Gasteiger partial charge in [0.25, 0.3) is 5.91 Å². The molecule has 0 unspecified atom stereocenters. The highest BCUT2D eigenvalue weighted by molar-refractivity contribution is 14.1. The predicted octanol–water partition coefficient (Wildman–Crippen LogP) is 6.08. The van der Waals surface area contributed by atoms with Crippen LogP contribution in [0.3, 0.4) is 0 Å². The molecule has 0 aromatic heterocycles. The summed E-state index contributed by atoms with van der Waals surface area (Å²) in [5, 5.41) is 12.6. The fourth-order valence-electron chi connectivity index (χ4n) is 3.62. The molecule has 6 heteroatoms. The van der Waals surface area contributed by atoms with Crippen LogP contribution >= 0.6 is 45.2 Å². The monoisotopic (exact) mass is 626 g/mol. The normalized spacial score (nSPS) is 19.1. The van der Waals surface area contributed by atoms with Gasteiger partial charge in [-0.3, -0.25) is 4.79 Å². The molecule has 156 valence electrons. The number of halogens is 2. The fourth-order valence-corrected chi connectivity index (χ4v) is 5.75. The maximum atomic E-state index is 12.7. The summed E-state index contributed by atoms with van der Waals surface area (Å²) in [6.07, 6.45) is 6.10. The van der Waals surface area contributed by atoms with E-state index in [9.17, 15) is 10.1 Å². The van der Waals surface area contributed by atoms with Gasteiger partial charge in [0, 0.05) is 6.04 Å². The van der Waals surface area contributed by atoms with Gasteiger partial charge in [0.05, 0.1) is 7.14 Å². The van der Waals surface area contributed by atoms with Gasteiger partial charge in [0.15, 0.2) is 0 Å². The van der Waals surface area contributed by atoms with Crippen LogP contribution in [0.15, 0.2) is 48.0 Å². The van der Waals surface area contributed by atoms with Gasteiger partial charge in [-0.25, -0.2) is 0 Å². The van der Waals surface area contributed by atoms with Crippen molar-refractivity contribution >= 4 is 57.2 Å². The lowest BCUT2D eigenvalue weighted by molar-refractivity contribution is -0.118. The molecule has 2 aromatic carbocycles. The number of carbonyl (C=O) groups excluding carboxylic acids is 1. The fraction of sp³-hybridized carbons (Fsp3) is 0.333. The first-order chi connectivity index (χ1) is 14.5. The average Bonchev–Trinajstić information content (AvgIpc) is 2.73. The molecule has 0 saturated heterocycles. The first kappa shape index (κ1) is 23.1. The van der Waals surface area contributed by atoms with E-state index >= 15 is 0 Å². The van der Waals surface area contributed by atoms with E-state index in [1.807, 2.05) is 42.5 Å². The molecule has 0 aliphatic heterocycles. The van der Waals surface area contributed by atoms with Crippen molar-refractivity contribution in [3.63, 3.8) is 0 Å². The number of benzene rings is 2. The topological polar surface area (TPSA) is 62.1 Å². The zero-order chi connectivity index (χ0) is 21.5. The zero-order valence-electron chi connectivity index (χ0n) is 16.8. The molecule has 1 aliphatic rings. The largest absolute Gasteiger partial charge is 0.487 e. The SMILES string of the molecule is C[C@H]1CCCC[C@@H]1NC(=O)/C(C#N)=C/c1cc(I)c(OCc2ccccc2)c(I)c1. The summed E-state index contributed by atoms with van der Waals surface area (Å²) < 4.78 is 7.91. The summed E-state index contributed by atoms with van der Waals surface area (Å²) in [4.78, 5) is 12.7. The second kappa shape index (κ2) is 11.1. The number of nitriles is 1. The maximum absolute atomic E-state index is 12.7. The van der Waals surface area contributed by atoms with Crippen LogP contribution in [-0.2, 0) is 11.4 Å². The minimum absolute atomic E-state index is 0.136. The predicted molar refractivity (Wildman–Crippen MR) is 136 cm³/mol. The van der Waals surface area contributed by atoms with Gasteiger partial charge in [0.2, 0.25) is 0 Å². The van der Waals surface area contributed by atoms with Gasteiger partial charge in [-0.15, -0.1) is 0 Å². The number of hydrogen-bond donors (Lipinski definition) is 1. The highest BCUT2D eigenvalue weighted by Gasteiger charge is 2.24. The molecule has 4 nitrogen and oxygen atoms in total. The highest BCUT2D eigenvalue weighted by atomic mass is 127. The lowest BCUT2D eigenvalue weighted by atomic mass is 9.86. The molecular weight excluding hydrogens is 602 g/mol. The Bertz CT molecular complexity index is 944. The smallest absolute Gasteiger partial charge is 0.262 e. The second-order valence-electron chi connectivity index (χ2n) is 7.60. The van der Waals surface area contributed by atoms with E-state index in [1.165, 1.54) is 6.42 Å². The lowest BCUT2D eigenvalue weighted by Crippen LogP contribution is -2.41. The molecular formula is C24H24I2N2O2. The summed E-state index contributed by atoms with van der Waals surface area (Å²) in [6, 6.07) is 16.1. The van der Waals surface area contributed by atoms with Crippen molar-refractivity contribution in [1.29, 1.82) is 5.26 Å². The van der Waals surface area contributed by atoms with Gasteiger partial charge in [0.1, 0.15) is 24.0 Å². The molecule has 0 spiro atoms. The van der Waals surface area contributed by atoms with Crippen molar-refractivity contribution < 1.29 is 9.53 Å². The Balaban J connectivity index is 1.73. The van der Waals surface area contributed by atoms with Crippen LogP contribution in [0.4, 0.5) is 0 Å². The van der Waals surface area contributed by atoms with Crippen molar-refractivity contribution in [2.45, 2.75) is 45.3 Å². The standard InChI is InChI=1S/C24H24I2N2O2/c1-16-7-5-6-10-22(16)28-24(29)19(14-27)11-18-12-20(25)23(21(26)13-18)30-15-17-8-3-2-4-9-17/h2-4,8-9,11-13,16,22H,5-7,10,15H2,1H3,(H,28,29)/b19-11+/t16-,22-/m0/s1. The first-order valence-corrected chi connectivity index (χ1v) is 12.2. The van der Waals surface area contributed by atoms with Crippen molar-refractivity contribution in [3.8, 4) is 11.8 Å². The molecule has 3 rings (SSSR count). The van der Waals surface area contributed by atoms with E-state index in [0.717, 1.165) is 43.3 Å². The summed E-state index contributed by atoms with van der Waals surface area (Å²) in [5.74, 6) is 0.979. The molecule has 0 radical (unpaired) electrons. The third-order valence-electron chi connectivity index (χ3n) is 5.35. The van der Waals surface area contributed by atoms with Crippen LogP contribution in [0.5, 0.6) is 5.75 Å². The molecule has 1 saturated carbocycles. The Hall–Kier alpha value is -1.60. The van der Waals surface area contributed by atoms with E-state index in [1.54, 1.807) is 6.08 Å². The van der Waals surface area contributed by atoms with E-state index in [-0.39, 0.29) is 17.5 Å². The second-order valence-corrected chi connectivity index (χ2v) is 9.92. The number of rotatable bonds is 6. The maximum Gasteiger partial charge on any atom is 0.262 e. The highest BCUT2D eigenvalue weighted by Crippen LogP contribution is 2.31.